The maximum absolute atomic E-state index is 11.6. The van der Waals surface area contributed by atoms with Crippen LogP contribution in [-0.2, 0) is 6.54 Å². The average molecular weight is 255 g/mol. The van der Waals surface area contributed by atoms with Gasteiger partial charge in [-0.3, -0.25) is 4.79 Å². The molecular weight excluding hydrogens is 246 g/mol. The molecule has 0 bridgehead atoms. The van der Waals surface area contributed by atoms with Crippen LogP contribution in [0.2, 0.25) is 0 Å². The van der Waals surface area contributed by atoms with Gasteiger partial charge < -0.3 is 9.09 Å². The van der Waals surface area contributed by atoms with Gasteiger partial charge in [0.15, 0.2) is 0 Å². The highest BCUT2D eigenvalue weighted by molar-refractivity contribution is 5.46. The summed E-state index contributed by atoms with van der Waals surface area (Å²) in [5.74, 6) is 0.695. The molecule has 0 saturated heterocycles. The molecule has 7 nitrogen and oxygen atoms in total. The van der Waals surface area contributed by atoms with Crippen LogP contribution in [0.5, 0.6) is 0 Å². The summed E-state index contributed by atoms with van der Waals surface area (Å²) in [7, 11) is 0. The largest absolute Gasteiger partial charge is 0.337 e. The Kier molecular flexibility index (Phi) is 2.85. The molecular formula is C12H9N5O2. The standard InChI is InChI=1S/C12H9N5O2/c18-11-5-1-2-7-17(11)8-10-14-12(16-19-10)9-4-3-6-13-15-9/h1-7H,8H2. The van der Waals surface area contributed by atoms with Crippen LogP contribution in [0.3, 0.4) is 0 Å². The third-order valence-corrected chi connectivity index (χ3v) is 2.47. The first kappa shape index (κ1) is 11.3. The van der Waals surface area contributed by atoms with Gasteiger partial charge in [0.2, 0.25) is 11.7 Å². The predicted octanol–water partition coefficient (Wildman–Crippen LogP) is 0.737. The number of hydrogen-bond acceptors (Lipinski definition) is 6. The molecule has 0 unspecified atom stereocenters. The fourth-order valence-electron chi connectivity index (χ4n) is 1.58. The lowest BCUT2D eigenvalue weighted by atomic mass is 10.4. The van der Waals surface area contributed by atoms with E-state index < -0.39 is 0 Å². The van der Waals surface area contributed by atoms with Crippen LogP contribution in [0.15, 0.2) is 52.0 Å². The summed E-state index contributed by atoms with van der Waals surface area (Å²) < 4.78 is 6.57. The highest BCUT2D eigenvalue weighted by atomic mass is 16.5. The number of nitrogens with zero attached hydrogens (tertiary/aromatic N) is 5. The Bertz CT molecular complexity index is 735. The summed E-state index contributed by atoms with van der Waals surface area (Å²) >= 11 is 0. The van der Waals surface area contributed by atoms with Crippen molar-refractivity contribution in [1.82, 2.24) is 24.9 Å². The van der Waals surface area contributed by atoms with Gasteiger partial charge in [-0.1, -0.05) is 11.2 Å². The van der Waals surface area contributed by atoms with Crippen LogP contribution in [0.4, 0.5) is 0 Å². The maximum atomic E-state index is 11.6. The molecule has 0 fully saturated rings. The Balaban J connectivity index is 1.87. The molecule has 3 rings (SSSR count). The fraction of sp³-hybridized carbons (Fsp3) is 0.0833. The van der Waals surface area contributed by atoms with Crippen molar-refractivity contribution in [2.24, 2.45) is 0 Å². The minimum absolute atomic E-state index is 0.123. The molecule has 0 amide bonds. The first-order chi connectivity index (χ1) is 9.33. The van der Waals surface area contributed by atoms with E-state index in [1.54, 1.807) is 36.7 Å². The molecule has 3 aromatic heterocycles. The Labute approximate surface area is 107 Å². The number of pyridine rings is 1. The predicted molar refractivity (Wildman–Crippen MR) is 65.1 cm³/mol. The SMILES string of the molecule is O=c1ccccn1Cc1nc(-c2cccnn2)no1. The minimum atomic E-state index is -0.123. The van der Waals surface area contributed by atoms with Crippen LogP contribution < -0.4 is 5.56 Å². The van der Waals surface area contributed by atoms with E-state index in [4.69, 9.17) is 4.52 Å². The molecule has 3 aromatic rings. The smallest absolute Gasteiger partial charge is 0.250 e. The second-order valence-corrected chi connectivity index (χ2v) is 3.79. The Morgan fingerprint density at radius 2 is 2.16 bits per heavy atom. The molecule has 0 spiro atoms. The van der Waals surface area contributed by atoms with E-state index in [1.807, 2.05) is 0 Å². The molecule has 0 aliphatic rings. The molecule has 0 aliphatic heterocycles. The highest BCUT2D eigenvalue weighted by Crippen LogP contribution is 2.11. The van der Waals surface area contributed by atoms with E-state index in [-0.39, 0.29) is 12.1 Å². The zero-order valence-corrected chi connectivity index (χ0v) is 9.80. The second-order valence-electron chi connectivity index (χ2n) is 3.79. The molecule has 19 heavy (non-hydrogen) atoms. The average Bonchev–Trinajstić information content (AvgIpc) is 2.91. The Morgan fingerprint density at radius 3 is 2.95 bits per heavy atom. The molecule has 3 heterocycles. The summed E-state index contributed by atoms with van der Waals surface area (Å²) in [6, 6.07) is 8.38. The van der Waals surface area contributed by atoms with Crippen molar-refractivity contribution in [2.45, 2.75) is 6.54 Å². The van der Waals surface area contributed by atoms with E-state index in [1.165, 1.54) is 10.6 Å². The van der Waals surface area contributed by atoms with Crippen LogP contribution in [0.1, 0.15) is 5.89 Å². The van der Waals surface area contributed by atoms with Crippen LogP contribution in [0.25, 0.3) is 11.5 Å². The third kappa shape index (κ3) is 2.39. The van der Waals surface area contributed by atoms with E-state index in [9.17, 15) is 4.79 Å². The van der Waals surface area contributed by atoms with Gasteiger partial charge in [-0.15, -0.1) is 5.10 Å². The molecule has 0 saturated carbocycles. The van der Waals surface area contributed by atoms with E-state index in [0.29, 0.717) is 17.4 Å². The highest BCUT2D eigenvalue weighted by Gasteiger charge is 2.10. The van der Waals surface area contributed by atoms with E-state index in [0.717, 1.165) is 0 Å². The van der Waals surface area contributed by atoms with Crippen molar-refractivity contribution in [3.8, 4) is 11.5 Å². The monoisotopic (exact) mass is 255 g/mol. The first-order valence-electron chi connectivity index (χ1n) is 5.59. The van der Waals surface area contributed by atoms with Gasteiger partial charge in [0.25, 0.3) is 5.56 Å². The molecule has 0 atom stereocenters. The maximum Gasteiger partial charge on any atom is 0.250 e. The summed E-state index contributed by atoms with van der Waals surface area (Å²) in [4.78, 5) is 15.7. The molecule has 94 valence electrons. The lowest BCUT2D eigenvalue weighted by molar-refractivity contribution is 0.370. The molecule has 0 N–H and O–H groups in total. The minimum Gasteiger partial charge on any atom is -0.337 e. The van der Waals surface area contributed by atoms with Gasteiger partial charge in [0.05, 0.1) is 0 Å². The second kappa shape index (κ2) is 4.81. The van der Waals surface area contributed by atoms with E-state index in [2.05, 4.69) is 20.3 Å². The van der Waals surface area contributed by atoms with Gasteiger partial charge in [-0.05, 0) is 18.2 Å². The quantitative estimate of drug-likeness (QED) is 0.686. The van der Waals surface area contributed by atoms with Crippen LogP contribution in [0, 0.1) is 0 Å². The van der Waals surface area contributed by atoms with E-state index >= 15 is 0 Å². The van der Waals surface area contributed by atoms with Crippen LogP contribution >= 0.6 is 0 Å². The fourth-order valence-corrected chi connectivity index (χ4v) is 1.58. The molecule has 0 aromatic carbocycles. The van der Waals surface area contributed by atoms with Crippen LogP contribution in [-0.4, -0.2) is 24.9 Å². The summed E-state index contributed by atoms with van der Waals surface area (Å²) in [5, 5.41) is 11.4. The number of hydrogen-bond donors (Lipinski definition) is 0. The van der Waals surface area contributed by atoms with Crippen molar-refractivity contribution < 1.29 is 4.52 Å². The van der Waals surface area contributed by atoms with Gasteiger partial charge in [0.1, 0.15) is 12.2 Å². The van der Waals surface area contributed by atoms with Gasteiger partial charge in [0, 0.05) is 18.5 Å². The molecule has 7 heteroatoms. The third-order valence-electron chi connectivity index (χ3n) is 2.47. The van der Waals surface area contributed by atoms with Gasteiger partial charge in [-0.2, -0.15) is 10.1 Å². The number of aromatic nitrogens is 5. The normalized spacial score (nSPS) is 10.5. The zero-order chi connectivity index (χ0) is 13.1. The topological polar surface area (TPSA) is 86.7 Å². The summed E-state index contributed by atoms with van der Waals surface area (Å²) in [6.45, 7) is 0.229. The summed E-state index contributed by atoms with van der Waals surface area (Å²) in [6.07, 6.45) is 3.22. The van der Waals surface area contributed by atoms with Gasteiger partial charge >= 0.3 is 0 Å². The Hall–Kier alpha value is -2.83. The molecule has 0 aliphatic carbocycles. The number of rotatable bonds is 3. The zero-order valence-electron chi connectivity index (χ0n) is 9.80. The van der Waals surface area contributed by atoms with Crippen molar-refractivity contribution in [3.05, 3.63) is 59.0 Å². The first-order valence-corrected chi connectivity index (χ1v) is 5.59. The Morgan fingerprint density at radius 1 is 1.21 bits per heavy atom. The van der Waals surface area contributed by atoms with Crippen molar-refractivity contribution >= 4 is 0 Å². The van der Waals surface area contributed by atoms with Crippen molar-refractivity contribution in [1.29, 1.82) is 0 Å². The van der Waals surface area contributed by atoms with Gasteiger partial charge in [-0.25, -0.2) is 0 Å². The lowest BCUT2D eigenvalue weighted by Crippen LogP contribution is -2.18. The van der Waals surface area contributed by atoms with Crippen molar-refractivity contribution in [2.75, 3.05) is 0 Å². The van der Waals surface area contributed by atoms with Crippen molar-refractivity contribution in [3.63, 3.8) is 0 Å². The molecule has 0 radical (unpaired) electrons. The summed E-state index contributed by atoms with van der Waals surface area (Å²) in [5.41, 5.74) is 0.402. The lowest BCUT2D eigenvalue weighted by Gasteiger charge is -1.98.